The molecule has 0 spiro atoms. The molecule has 1 N–H and O–H groups in total. The van der Waals surface area contributed by atoms with Crippen LogP contribution in [0.25, 0.3) is 0 Å². The molecule has 0 radical (unpaired) electrons. The number of nitrogens with zero attached hydrogens (tertiary/aromatic N) is 1. The summed E-state index contributed by atoms with van der Waals surface area (Å²) in [6.45, 7) is 3.96. The fourth-order valence-corrected chi connectivity index (χ4v) is 2.97. The molecule has 1 saturated carbocycles. The fourth-order valence-electron chi connectivity index (χ4n) is 2.85. The second kappa shape index (κ2) is 7.99. The summed E-state index contributed by atoms with van der Waals surface area (Å²) < 4.78 is 0. The molecule has 1 atom stereocenters. The lowest BCUT2D eigenvalue weighted by molar-refractivity contribution is -0.133. The van der Waals surface area contributed by atoms with E-state index in [1.54, 1.807) is 30.3 Å². The Balaban J connectivity index is 2.22. The minimum absolute atomic E-state index is 0.150. The maximum Gasteiger partial charge on any atom is 0.247 e. The predicted octanol–water partition coefficient (Wildman–Crippen LogP) is 3.08. The molecule has 0 heterocycles. The monoisotopic (exact) mass is 320 g/mol. The molecule has 1 unspecified atom stereocenters. The van der Waals surface area contributed by atoms with E-state index in [2.05, 4.69) is 11.9 Å². The molecule has 1 aliphatic rings. The molecule has 0 aliphatic heterocycles. The van der Waals surface area contributed by atoms with Gasteiger partial charge in [0, 0.05) is 17.6 Å². The Hall–Kier alpha value is -1.81. The third-order valence-electron chi connectivity index (χ3n) is 3.94. The Bertz CT molecular complexity index is 524. The third-order valence-corrected chi connectivity index (χ3v) is 4.19. The van der Waals surface area contributed by atoms with Crippen LogP contribution in [0.15, 0.2) is 36.9 Å². The largest absolute Gasteiger partial charge is 0.351 e. The number of halogens is 1. The summed E-state index contributed by atoms with van der Waals surface area (Å²) in [6, 6.07) is 6.56. The van der Waals surface area contributed by atoms with Crippen LogP contribution in [0, 0.1) is 0 Å². The molecule has 22 heavy (non-hydrogen) atoms. The van der Waals surface area contributed by atoms with Crippen LogP contribution in [0.1, 0.15) is 37.3 Å². The van der Waals surface area contributed by atoms with Crippen molar-refractivity contribution in [1.29, 1.82) is 0 Å². The van der Waals surface area contributed by atoms with Gasteiger partial charge in [0.2, 0.25) is 12.3 Å². The molecule has 4 nitrogen and oxygen atoms in total. The van der Waals surface area contributed by atoms with Crippen LogP contribution in [0.4, 0.5) is 0 Å². The Morgan fingerprint density at radius 1 is 1.36 bits per heavy atom. The number of rotatable bonds is 7. The van der Waals surface area contributed by atoms with Gasteiger partial charge in [-0.1, -0.05) is 42.7 Å². The lowest BCUT2D eigenvalue weighted by atomic mass is 10.0. The molecular weight excluding hydrogens is 300 g/mol. The molecule has 1 aromatic carbocycles. The quantitative estimate of drug-likeness (QED) is 0.620. The fraction of sp³-hybridized carbons (Fsp3) is 0.412. The van der Waals surface area contributed by atoms with Crippen LogP contribution < -0.4 is 5.32 Å². The van der Waals surface area contributed by atoms with E-state index in [1.807, 2.05) is 0 Å². The van der Waals surface area contributed by atoms with Crippen molar-refractivity contribution in [1.82, 2.24) is 10.2 Å². The zero-order chi connectivity index (χ0) is 15.9. The van der Waals surface area contributed by atoms with Crippen LogP contribution in [0.2, 0.25) is 5.02 Å². The van der Waals surface area contributed by atoms with E-state index in [1.165, 1.54) is 4.90 Å². The number of carbonyl (C=O) groups is 2. The van der Waals surface area contributed by atoms with E-state index in [9.17, 15) is 9.59 Å². The smallest absolute Gasteiger partial charge is 0.247 e. The zero-order valence-electron chi connectivity index (χ0n) is 12.5. The SMILES string of the molecule is C=CCN(C=O)C(C(=O)NC1CCCC1)c1ccc(Cl)cc1. The maximum atomic E-state index is 12.7. The van der Waals surface area contributed by atoms with Crippen LogP contribution in [0.5, 0.6) is 0 Å². The standard InChI is InChI=1S/C17H21ClN2O2/c1-2-11-20(12-21)16(13-7-9-14(18)10-8-13)17(22)19-15-5-3-4-6-15/h2,7-10,12,15-16H,1,3-6,11H2,(H,19,22). The highest BCUT2D eigenvalue weighted by Crippen LogP contribution is 2.24. The molecule has 0 aromatic heterocycles. The van der Waals surface area contributed by atoms with E-state index in [4.69, 9.17) is 11.6 Å². The average Bonchev–Trinajstić information content (AvgIpc) is 3.01. The molecular formula is C17H21ClN2O2. The number of nitrogens with one attached hydrogen (secondary N) is 1. The van der Waals surface area contributed by atoms with Gasteiger partial charge in [-0.3, -0.25) is 9.59 Å². The van der Waals surface area contributed by atoms with Crippen LogP contribution in [-0.2, 0) is 9.59 Å². The lowest BCUT2D eigenvalue weighted by Crippen LogP contribution is -2.43. The van der Waals surface area contributed by atoms with Gasteiger partial charge in [0.25, 0.3) is 0 Å². The van der Waals surface area contributed by atoms with Crippen molar-refractivity contribution in [3.8, 4) is 0 Å². The number of amides is 2. The van der Waals surface area contributed by atoms with Gasteiger partial charge in [0.1, 0.15) is 6.04 Å². The summed E-state index contributed by atoms with van der Waals surface area (Å²) in [4.78, 5) is 25.5. The van der Waals surface area contributed by atoms with E-state index in [0.29, 0.717) is 18.0 Å². The normalized spacial score (nSPS) is 16.0. The van der Waals surface area contributed by atoms with E-state index >= 15 is 0 Å². The average molecular weight is 321 g/mol. The maximum absolute atomic E-state index is 12.7. The molecule has 2 rings (SSSR count). The minimum Gasteiger partial charge on any atom is -0.351 e. The zero-order valence-corrected chi connectivity index (χ0v) is 13.3. The van der Waals surface area contributed by atoms with E-state index < -0.39 is 6.04 Å². The molecule has 118 valence electrons. The summed E-state index contributed by atoms with van der Waals surface area (Å²) in [5.41, 5.74) is 0.744. The summed E-state index contributed by atoms with van der Waals surface area (Å²) in [6.07, 6.45) is 6.58. The van der Waals surface area contributed by atoms with Crippen molar-refractivity contribution >= 4 is 23.9 Å². The van der Waals surface area contributed by atoms with Crippen molar-refractivity contribution < 1.29 is 9.59 Å². The Labute approximate surface area is 136 Å². The Morgan fingerprint density at radius 3 is 2.55 bits per heavy atom. The first kappa shape index (κ1) is 16.6. The molecule has 2 amide bonds. The first-order valence-electron chi connectivity index (χ1n) is 7.53. The highest BCUT2D eigenvalue weighted by molar-refractivity contribution is 6.30. The molecule has 1 aromatic rings. The highest BCUT2D eigenvalue weighted by Gasteiger charge is 2.28. The first-order valence-corrected chi connectivity index (χ1v) is 7.91. The molecule has 0 bridgehead atoms. The van der Waals surface area contributed by atoms with Crippen molar-refractivity contribution in [2.45, 2.75) is 37.8 Å². The number of carbonyl (C=O) groups excluding carboxylic acids is 2. The molecule has 5 heteroatoms. The van der Waals surface area contributed by atoms with Crippen molar-refractivity contribution in [2.24, 2.45) is 0 Å². The minimum atomic E-state index is -0.659. The molecule has 1 aliphatic carbocycles. The van der Waals surface area contributed by atoms with Crippen molar-refractivity contribution in [3.05, 3.63) is 47.5 Å². The van der Waals surface area contributed by atoms with Gasteiger partial charge in [-0.15, -0.1) is 6.58 Å². The summed E-state index contributed by atoms with van der Waals surface area (Å²) in [5, 5.41) is 3.66. The highest BCUT2D eigenvalue weighted by atomic mass is 35.5. The Morgan fingerprint density at radius 2 is 2.00 bits per heavy atom. The van der Waals surface area contributed by atoms with Gasteiger partial charge in [0.15, 0.2) is 0 Å². The summed E-state index contributed by atoms with van der Waals surface area (Å²) in [5.74, 6) is -0.150. The van der Waals surface area contributed by atoms with Gasteiger partial charge in [-0.25, -0.2) is 0 Å². The van der Waals surface area contributed by atoms with Crippen LogP contribution >= 0.6 is 11.6 Å². The number of hydrogen-bond donors (Lipinski definition) is 1. The predicted molar refractivity (Wildman–Crippen MR) is 87.6 cm³/mol. The van der Waals surface area contributed by atoms with Gasteiger partial charge in [0.05, 0.1) is 0 Å². The van der Waals surface area contributed by atoms with Gasteiger partial charge < -0.3 is 10.2 Å². The summed E-state index contributed by atoms with van der Waals surface area (Å²) in [7, 11) is 0. The van der Waals surface area contributed by atoms with E-state index in [-0.39, 0.29) is 11.9 Å². The van der Waals surface area contributed by atoms with Crippen LogP contribution in [-0.4, -0.2) is 29.8 Å². The Kier molecular flexibility index (Phi) is 6.01. The number of hydrogen-bond acceptors (Lipinski definition) is 2. The second-order valence-electron chi connectivity index (χ2n) is 5.53. The number of benzene rings is 1. The topological polar surface area (TPSA) is 49.4 Å². The first-order chi connectivity index (χ1) is 10.7. The van der Waals surface area contributed by atoms with Crippen molar-refractivity contribution in [2.75, 3.05) is 6.54 Å². The van der Waals surface area contributed by atoms with Crippen LogP contribution in [0.3, 0.4) is 0 Å². The molecule has 1 fully saturated rings. The van der Waals surface area contributed by atoms with E-state index in [0.717, 1.165) is 31.2 Å². The summed E-state index contributed by atoms with van der Waals surface area (Å²) >= 11 is 5.91. The second-order valence-corrected chi connectivity index (χ2v) is 5.97. The van der Waals surface area contributed by atoms with Gasteiger partial charge in [-0.2, -0.15) is 0 Å². The van der Waals surface area contributed by atoms with Gasteiger partial charge >= 0.3 is 0 Å². The third kappa shape index (κ3) is 4.10. The molecule has 0 saturated heterocycles. The lowest BCUT2D eigenvalue weighted by Gasteiger charge is -2.28. The van der Waals surface area contributed by atoms with Gasteiger partial charge in [-0.05, 0) is 30.5 Å². The van der Waals surface area contributed by atoms with Crippen molar-refractivity contribution in [3.63, 3.8) is 0 Å².